The summed E-state index contributed by atoms with van der Waals surface area (Å²) >= 11 is 1.64. The minimum atomic E-state index is -0.193. The van der Waals surface area contributed by atoms with Crippen LogP contribution in [-0.2, 0) is 0 Å². The summed E-state index contributed by atoms with van der Waals surface area (Å²) in [6.45, 7) is 7.86. The summed E-state index contributed by atoms with van der Waals surface area (Å²) in [6.07, 6.45) is 0. The number of aryl methyl sites for hydroxylation is 3. The third-order valence-electron chi connectivity index (χ3n) is 3.49. The van der Waals surface area contributed by atoms with Crippen molar-refractivity contribution in [3.8, 4) is 0 Å². The van der Waals surface area contributed by atoms with Gasteiger partial charge in [0.05, 0.1) is 0 Å². The molecule has 0 aliphatic rings. The van der Waals surface area contributed by atoms with Crippen LogP contribution < -0.4 is 5.73 Å². The van der Waals surface area contributed by atoms with Crippen molar-refractivity contribution in [2.45, 2.75) is 43.5 Å². The molecular formula is C17H20FNS. The second-order valence-electron chi connectivity index (χ2n) is 5.28. The topological polar surface area (TPSA) is 26.0 Å². The van der Waals surface area contributed by atoms with Gasteiger partial charge in [0, 0.05) is 15.8 Å². The van der Waals surface area contributed by atoms with Gasteiger partial charge in [0.1, 0.15) is 5.82 Å². The highest BCUT2D eigenvalue weighted by molar-refractivity contribution is 7.99. The SMILES string of the molecule is Cc1ccc(Sc2cc(C)c(F)cc2C(C)N)cc1C. The van der Waals surface area contributed by atoms with E-state index in [-0.39, 0.29) is 11.9 Å². The van der Waals surface area contributed by atoms with Gasteiger partial charge < -0.3 is 5.73 Å². The first kappa shape index (κ1) is 15.1. The van der Waals surface area contributed by atoms with Crippen LogP contribution >= 0.6 is 11.8 Å². The highest BCUT2D eigenvalue weighted by Gasteiger charge is 2.12. The molecule has 2 aromatic rings. The predicted octanol–water partition coefficient (Wildman–Crippen LogP) is 4.92. The summed E-state index contributed by atoms with van der Waals surface area (Å²) in [6, 6.07) is 9.62. The number of hydrogen-bond donors (Lipinski definition) is 1. The average Bonchev–Trinajstić information content (AvgIpc) is 2.37. The van der Waals surface area contributed by atoms with Crippen LogP contribution in [0.2, 0.25) is 0 Å². The number of nitrogens with two attached hydrogens (primary N) is 1. The molecule has 0 heterocycles. The maximum atomic E-state index is 13.7. The molecular weight excluding hydrogens is 269 g/mol. The minimum Gasteiger partial charge on any atom is -0.324 e. The van der Waals surface area contributed by atoms with Gasteiger partial charge in [-0.3, -0.25) is 0 Å². The second kappa shape index (κ2) is 5.98. The molecule has 0 aliphatic heterocycles. The van der Waals surface area contributed by atoms with Crippen LogP contribution in [0.25, 0.3) is 0 Å². The monoisotopic (exact) mass is 289 g/mol. The van der Waals surface area contributed by atoms with Crippen molar-refractivity contribution in [2.24, 2.45) is 5.73 Å². The zero-order valence-electron chi connectivity index (χ0n) is 12.3. The third kappa shape index (κ3) is 3.22. The Kier molecular flexibility index (Phi) is 4.51. The first-order chi connectivity index (χ1) is 9.38. The van der Waals surface area contributed by atoms with Crippen LogP contribution in [0.4, 0.5) is 4.39 Å². The van der Waals surface area contributed by atoms with Crippen LogP contribution in [0.1, 0.15) is 35.2 Å². The van der Waals surface area contributed by atoms with Gasteiger partial charge in [-0.2, -0.15) is 0 Å². The number of benzene rings is 2. The molecule has 0 bridgehead atoms. The van der Waals surface area contributed by atoms with E-state index in [4.69, 9.17) is 5.73 Å². The van der Waals surface area contributed by atoms with E-state index in [0.29, 0.717) is 5.56 Å². The molecule has 0 aliphatic carbocycles. The molecule has 1 atom stereocenters. The number of rotatable bonds is 3. The van der Waals surface area contributed by atoms with Crippen molar-refractivity contribution in [3.63, 3.8) is 0 Å². The summed E-state index contributed by atoms with van der Waals surface area (Å²) < 4.78 is 13.7. The Morgan fingerprint density at radius 2 is 1.70 bits per heavy atom. The Hall–Kier alpha value is -1.32. The Morgan fingerprint density at radius 3 is 2.30 bits per heavy atom. The first-order valence-corrected chi connectivity index (χ1v) is 7.51. The van der Waals surface area contributed by atoms with E-state index < -0.39 is 0 Å². The standard InChI is InChI=1S/C17H20FNS/c1-10-5-6-14(7-11(10)2)20-17-8-12(3)16(18)9-15(17)13(4)19/h5-9,13H,19H2,1-4H3. The molecule has 1 unspecified atom stereocenters. The maximum absolute atomic E-state index is 13.7. The van der Waals surface area contributed by atoms with E-state index in [2.05, 4.69) is 32.0 Å². The largest absolute Gasteiger partial charge is 0.324 e. The van der Waals surface area contributed by atoms with E-state index >= 15 is 0 Å². The van der Waals surface area contributed by atoms with Gasteiger partial charge in [0.15, 0.2) is 0 Å². The van der Waals surface area contributed by atoms with Crippen LogP contribution in [0.5, 0.6) is 0 Å². The lowest BCUT2D eigenvalue weighted by Crippen LogP contribution is -2.07. The van der Waals surface area contributed by atoms with Gasteiger partial charge in [-0.25, -0.2) is 4.39 Å². The van der Waals surface area contributed by atoms with Gasteiger partial charge in [0.2, 0.25) is 0 Å². The predicted molar refractivity (Wildman–Crippen MR) is 83.8 cm³/mol. The normalized spacial score (nSPS) is 12.5. The highest BCUT2D eigenvalue weighted by Crippen LogP contribution is 2.35. The van der Waals surface area contributed by atoms with Crippen molar-refractivity contribution in [3.05, 3.63) is 58.4 Å². The van der Waals surface area contributed by atoms with Crippen molar-refractivity contribution < 1.29 is 4.39 Å². The number of hydrogen-bond acceptors (Lipinski definition) is 2. The van der Waals surface area contributed by atoms with Gasteiger partial charge >= 0.3 is 0 Å². The molecule has 1 nitrogen and oxygen atoms in total. The molecule has 0 fully saturated rings. The molecule has 0 saturated carbocycles. The van der Waals surface area contributed by atoms with E-state index in [1.807, 2.05) is 13.0 Å². The molecule has 2 rings (SSSR count). The summed E-state index contributed by atoms with van der Waals surface area (Å²) in [5, 5.41) is 0. The molecule has 0 saturated heterocycles. The van der Waals surface area contributed by atoms with Crippen LogP contribution in [0.15, 0.2) is 40.1 Å². The third-order valence-corrected chi connectivity index (χ3v) is 4.55. The molecule has 0 radical (unpaired) electrons. The van der Waals surface area contributed by atoms with E-state index in [1.165, 1.54) is 11.1 Å². The summed E-state index contributed by atoms with van der Waals surface area (Å²) in [5.74, 6) is -0.193. The van der Waals surface area contributed by atoms with Gasteiger partial charge in [0.25, 0.3) is 0 Å². The Balaban J connectivity index is 2.41. The number of halogens is 1. The Bertz CT molecular complexity index is 635. The van der Waals surface area contributed by atoms with Crippen molar-refractivity contribution in [1.29, 1.82) is 0 Å². The first-order valence-electron chi connectivity index (χ1n) is 6.69. The fraction of sp³-hybridized carbons (Fsp3) is 0.294. The molecule has 0 amide bonds. The quantitative estimate of drug-likeness (QED) is 0.867. The smallest absolute Gasteiger partial charge is 0.126 e. The summed E-state index contributed by atoms with van der Waals surface area (Å²) in [7, 11) is 0. The van der Waals surface area contributed by atoms with E-state index in [0.717, 1.165) is 15.4 Å². The van der Waals surface area contributed by atoms with Gasteiger partial charge in [-0.05, 0) is 74.2 Å². The molecule has 3 heteroatoms. The lowest BCUT2D eigenvalue weighted by atomic mass is 10.1. The molecule has 2 N–H and O–H groups in total. The molecule has 20 heavy (non-hydrogen) atoms. The minimum absolute atomic E-state index is 0.181. The molecule has 0 aromatic heterocycles. The van der Waals surface area contributed by atoms with Crippen molar-refractivity contribution >= 4 is 11.8 Å². The fourth-order valence-electron chi connectivity index (χ4n) is 2.02. The lowest BCUT2D eigenvalue weighted by Gasteiger charge is -2.14. The Morgan fingerprint density at radius 1 is 1.00 bits per heavy atom. The van der Waals surface area contributed by atoms with Crippen molar-refractivity contribution in [2.75, 3.05) is 0 Å². The van der Waals surface area contributed by atoms with Gasteiger partial charge in [-0.15, -0.1) is 0 Å². The van der Waals surface area contributed by atoms with Crippen LogP contribution in [0, 0.1) is 26.6 Å². The summed E-state index contributed by atoms with van der Waals surface area (Å²) in [4.78, 5) is 2.18. The Labute approximate surface area is 124 Å². The van der Waals surface area contributed by atoms with Crippen LogP contribution in [-0.4, -0.2) is 0 Å². The highest BCUT2D eigenvalue weighted by atomic mass is 32.2. The lowest BCUT2D eigenvalue weighted by molar-refractivity contribution is 0.610. The average molecular weight is 289 g/mol. The molecule has 0 spiro atoms. The maximum Gasteiger partial charge on any atom is 0.126 e. The van der Waals surface area contributed by atoms with Crippen LogP contribution in [0.3, 0.4) is 0 Å². The molecule has 106 valence electrons. The van der Waals surface area contributed by atoms with E-state index in [9.17, 15) is 4.39 Å². The zero-order valence-corrected chi connectivity index (χ0v) is 13.1. The molecule has 2 aromatic carbocycles. The van der Waals surface area contributed by atoms with Gasteiger partial charge in [-0.1, -0.05) is 17.8 Å². The fourth-order valence-corrected chi connectivity index (χ4v) is 3.24. The zero-order chi connectivity index (χ0) is 14.9. The summed E-state index contributed by atoms with van der Waals surface area (Å²) in [5.41, 5.74) is 10.0. The van der Waals surface area contributed by atoms with E-state index in [1.54, 1.807) is 24.8 Å². The van der Waals surface area contributed by atoms with Crippen molar-refractivity contribution in [1.82, 2.24) is 0 Å². The second-order valence-corrected chi connectivity index (χ2v) is 6.39.